The average molecular weight is 419 g/mol. The third-order valence-electron chi connectivity index (χ3n) is 4.51. The molecule has 0 atom stereocenters. The van der Waals surface area contributed by atoms with Gasteiger partial charge in [-0.25, -0.2) is 9.97 Å². The zero-order chi connectivity index (χ0) is 20.9. The number of nitrogens with one attached hydrogen (secondary N) is 1. The van der Waals surface area contributed by atoms with Crippen LogP contribution in [0.15, 0.2) is 71.8 Å². The second-order valence-corrected chi connectivity index (χ2v) is 6.78. The van der Waals surface area contributed by atoms with Gasteiger partial charge in [0.1, 0.15) is 0 Å². The Hall–Kier alpha value is -3.64. The minimum Gasteiger partial charge on any atom is -0.493 e. The Labute approximate surface area is 179 Å². The lowest BCUT2D eigenvalue weighted by Crippen LogP contribution is -2.00. The summed E-state index contributed by atoms with van der Waals surface area (Å²) in [7, 11) is 3.20. The Morgan fingerprint density at radius 1 is 0.900 bits per heavy atom. The number of para-hydroxylation sites is 1. The maximum Gasteiger partial charge on any atom is 0.163 e. The summed E-state index contributed by atoms with van der Waals surface area (Å²) < 4.78 is 10.6. The summed E-state index contributed by atoms with van der Waals surface area (Å²) in [6.45, 7) is 0. The van der Waals surface area contributed by atoms with Crippen LogP contribution in [0.5, 0.6) is 11.5 Å². The maximum absolute atomic E-state index is 6.35. The molecule has 6 nitrogen and oxygen atoms in total. The van der Waals surface area contributed by atoms with Gasteiger partial charge >= 0.3 is 0 Å². The Bertz CT molecular complexity index is 1230. The molecule has 0 amide bonds. The molecule has 0 aliphatic carbocycles. The summed E-state index contributed by atoms with van der Waals surface area (Å²) in [5, 5.41) is 5.80. The van der Waals surface area contributed by atoms with Crippen LogP contribution < -0.4 is 14.9 Å². The van der Waals surface area contributed by atoms with Gasteiger partial charge in [0, 0.05) is 10.9 Å². The first-order valence-electron chi connectivity index (χ1n) is 9.22. The SMILES string of the molecule is COc1ccc(/C=N/Nc2nc(-c3ccccc3Cl)nc3ccccc23)cc1OC. The Kier molecular flexibility index (Phi) is 5.77. The fourth-order valence-corrected chi connectivity index (χ4v) is 3.25. The molecule has 0 aliphatic heterocycles. The number of ether oxygens (including phenoxy) is 2. The largest absolute Gasteiger partial charge is 0.493 e. The fraction of sp³-hybridized carbons (Fsp3) is 0.0870. The number of nitrogens with zero attached hydrogens (tertiary/aromatic N) is 3. The molecule has 4 rings (SSSR count). The number of halogens is 1. The molecular formula is C23H19ClN4O2. The van der Waals surface area contributed by atoms with Crippen molar-refractivity contribution in [3.05, 3.63) is 77.3 Å². The van der Waals surface area contributed by atoms with Gasteiger partial charge in [0.15, 0.2) is 23.1 Å². The predicted molar refractivity (Wildman–Crippen MR) is 121 cm³/mol. The summed E-state index contributed by atoms with van der Waals surface area (Å²) >= 11 is 6.35. The van der Waals surface area contributed by atoms with Crippen LogP contribution in [0.25, 0.3) is 22.3 Å². The maximum atomic E-state index is 6.35. The normalized spacial score (nSPS) is 11.0. The fourth-order valence-electron chi connectivity index (χ4n) is 3.03. The van der Waals surface area contributed by atoms with Gasteiger partial charge in [-0.1, -0.05) is 35.9 Å². The standard InChI is InChI=1S/C23H19ClN4O2/c1-29-20-12-11-15(13-21(20)30-2)14-25-28-23-17-8-4-6-10-19(17)26-22(27-23)16-7-3-5-9-18(16)24/h3-14H,1-2H3,(H,26,27,28)/b25-14+. The highest BCUT2D eigenvalue weighted by Crippen LogP contribution is 2.29. The molecular weight excluding hydrogens is 400 g/mol. The van der Waals surface area contributed by atoms with Gasteiger partial charge in [0.05, 0.1) is 31.0 Å². The van der Waals surface area contributed by atoms with E-state index in [-0.39, 0.29) is 0 Å². The number of hydrazone groups is 1. The number of fused-ring (bicyclic) bond motifs is 1. The summed E-state index contributed by atoms with van der Waals surface area (Å²) in [6.07, 6.45) is 1.69. The lowest BCUT2D eigenvalue weighted by molar-refractivity contribution is 0.355. The number of hydrogen-bond donors (Lipinski definition) is 1. The van der Waals surface area contributed by atoms with Crippen LogP contribution in [-0.4, -0.2) is 30.4 Å². The van der Waals surface area contributed by atoms with E-state index in [0.29, 0.717) is 28.2 Å². The van der Waals surface area contributed by atoms with Crippen LogP contribution in [0.3, 0.4) is 0 Å². The van der Waals surface area contributed by atoms with E-state index in [4.69, 9.17) is 21.1 Å². The van der Waals surface area contributed by atoms with Gasteiger partial charge in [0.25, 0.3) is 0 Å². The van der Waals surface area contributed by atoms with E-state index in [2.05, 4.69) is 20.5 Å². The summed E-state index contributed by atoms with van der Waals surface area (Å²) in [5.74, 6) is 2.42. The van der Waals surface area contributed by atoms with Crippen LogP contribution in [0.1, 0.15) is 5.56 Å². The van der Waals surface area contributed by atoms with Crippen molar-refractivity contribution < 1.29 is 9.47 Å². The van der Waals surface area contributed by atoms with Crippen molar-refractivity contribution in [2.75, 3.05) is 19.6 Å². The first-order chi connectivity index (χ1) is 14.7. The van der Waals surface area contributed by atoms with Crippen molar-refractivity contribution >= 4 is 34.5 Å². The molecule has 0 spiro atoms. The van der Waals surface area contributed by atoms with Crippen LogP contribution in [0.2, 0.25) is 5.02 Å². The molecule has 0 bridgehead atoms. The van der Waals surface area contributed by atoms with E-state index in [0.717, 1.165) is 22.0 Å². The van der Waals surface area contributed by atoms with Gasteiger partial charge in [-0.2, -0.15) is 5.10 Å². The molecule has 0 fully saturated rings. The molecule has 0 aliphatic rings. The first kappa shape index (κ1) is 19.7. The van der Waals surface area contributed by atoms with Crippen LogP contribution in [0, 0.1) is 0 Å². The van der Waals surface area contributed by atoms with Crippen molar-refractivity contribution in [1.29, 1.82) is 0 Å². The molecule has 3 aromatic carbocycles. The number of methoxy groups -OCH3 is 2. The number of hydrogen-bond acceptors (Lipinski definition) is 6. The molecule has 1 heterocycles. The molecule has 4 aromatic rings. The molecule has 0 saturated heterocycles. The van der Waals surface area contributed by atoms with Crippen LogP contribution in [-0.2, 0) is 0 Å². The third kappa shape index (κ3) is 4.04. The molecule has 7 heteroatoms. The molecule has 1 N–H and O–H groups in total. The third-order valence-corrected chi connectivity index (χ3v) is 4.84. The van der Waals surface area contributed by atoms with Crippen LogP contribution in [0.4, 0.5) is 5.82 Å². The second kappa shape index (κ2) is 8.80. The van der Waals surface area contributed by atoms with Crippen molar-refractivity contribution in [3.8, 4) is 22.9 Å². The zero-order valence-corrected chi connectivity index (χ0v) is 17.2. The van der Waals surface area contributed by atoms with Gasteiger partial charge in [-0.15, -0.1) is 0 Å². The topological polar surface area (TPSA) is 68.6 Å². The van der Waals surface area contributed by atoms with Gasteiger partial charge in [-0.3, -0.25) is 5.43 Å². The molecule has 0 saturated carbocycles. The van der Waals surface area contributed by atoms with Gasteiger partial charge in [0.2, 0.25) is 0 Å². The number of anilines is 1. The Balaban J connectivity index is 1.68. The Morgan fingerprint density at radius 2 is 1.67 bits per heavy atom. The van der Waals surface area contributed by atoms with Gasteiger partial charge < -0.3 is 9.47 Å². The van der Waals surface area contributed by atoms with E-state index >= 15 is 0 Å². The van der Waals surface area contributed by atoms with E-state index in [1.807, 2.05) is 66.7 Å². The first-order valence-corrected chi connectivity index (χ1v) is 9.60. The minimum absolute atomic E-state index is 0.531. The van der Waals surface area contributed by atoms with Crippen molar-refractivity contribution in [2.24, 2.45) is 5.10 Å². The number of rotatable bonds is 6. The quantitative estimate of drug-likeness (QED) is 0.335. The lowest BCUT2D eigenvalue weighted by Gasteiger charge is -2.09. The number of benzene rings is 3. The van der Waals surface area contributed by atoms with E-state index in [1.165, 1.54) is 0 Å². The number of aromatic nitrogens is 2. The average Bonchev–Trinajstić information content (AvgIpc) is 2.79. The smallest absolute Gasteiger partial charge is 0.163 e. The van der Waals surface area contributed by atoms with E-state index in [9.17, 15) is 0 Å². The van der Waals surface area contributed by atoms with Crippen molar-refractivity contribution in [1.82, 2.24) is 9.97 Å². The zero-order valence-electron chi connectivity index (χ0n) is 16.5. The summed E-state index contributed by atoms with van der Waals surface area (Å²) in [4.78, 5) is 9.32. The predicted octanol–water partition coefficient (Wildman–Crippen LogP) is 5.41. The molecule has 30 heavy (non-hydrogen) atoms. The van der Waals surface area contributed by atoms with E-state index < -0.39 is 0 Å². The highest BCUT2D eigenvalue weighted by atomic mass is 35.5. The summed E-state index contributed by atoms with van der Waals surface area (Å²) in [5.41, 5.74) is 5.45. The highest BCUT2D eigenvalue weighted by Gasteiger charge is 2.11. The second-order valence-electron chi connectivity index (χ2n) is 6.38. The molecule has 0 unspecified atom stereocenters. The van der Waals surface area contributed by atoms with E-state index in [1.54, 1.807) is 20.4 Å². The molecule has 0 radical (unpaired) electrons. The lowest BCUT2D eigenvalue weighted by atomic mass is 10.2. The molecule has 1 aromatic heterocycles. The highest BCUT2D eigenvalue weighted by molar-refractivity contribution is 6.33. The van der Waals surface area contributed by atoms with Crippen LogP contribution >= 0.6 is 11.6 Å². The van der Waals surface area contributed by atoms with Crippen molar-refractivity contribution in [3.63, 3.8) is 0 Å². The van der Waals surface area contributed by atoms with Crippen molar-refractivity contribution in [2.45, 2.75) is 0 Å². The minimum atomic E-state index is 0.531. The Morgan fingerprint density at radius 3 is 2.47 bits per heavy atom. The molecule has 150 valence electrons. The summed E-state index contributed by atoms with van der Waals surface area (Å²) in [6, 6.07) is 20.8. The van der Waals surface area contributed by atoms with Gasteiger partial charge in [-0.05, 0) is 48.0 Å². The monoisotopic (exact) mass is 418 g/mol.